The smallest absolute Gasteiger partial charge is 0.268 e. The van der Waals surface area contributed by atoms with E-state index in [2.05, 4.69) is 0 Å². The summed E-state index contributed by atoms with van der Waals surface area (Å²) in [5.74, 6) is 0. The van der Waals surface area contributed by atoms with Crippen molar-refractivity contribution in [2.24, 2.45) is 0 Å². The van der Waals surface area contributed by atoms with Crippen LogP contribution in [0.2, 0.25) is 0 Å². The minimum absolute atomic E-state index is 0.207. The van der Waals surface area contributed by atoms with Crippen molar-refractivity contribution < 1.29 is 8.42 Å². The molecular weight excluding hydrogens is 284 g/mol. The number of para-hydroxylation sites is 1. The topological polar surface area (TPSA) is 65.1 Å². The lowest BCUT2D eigenvalue weighted by atomic mass is 10.1. The first-order chi connectivity index (χ1) is 10.0. The van der Waals surface area contributed by atoms with Gasteiger partial charge in [-0.1, -0.05) is 31.2 Å². The molecule has 3 aromatic rings. The largest absolute Gasteiger partial charge is 0.398 e. The number of aryl methyl sites for hydroxylation is 1. The maximum atomic E-state index is 12.8. The van der Waals surface area contributed by atoms with Crippen LogP contribution in [-0.4, -0.2) is 12.4 Å². The maximum absolute atomic E-state index is 12.8. The summed E-state index contributed by atoms with van der Waals surface area (Å²) in [5.41, 5.74) is 8.04. The molecule has 0 unspecified atom stereocenters. The summed E-state index contributed by atoms with van der Waals surface area (Å²) < 4.78 is 26.8. The molecule has 2 N–H and O–H groups in total. The fourth-order valence-corrected chi connectivity index (χ4v) is 3.83. The second-order valence-electron chi connectivity index (χ2n) is 4.89. The quantitative estimate of drug-likeness (QED) is 0.756. The molecule has 0 spiro atoms. The Bertz CT molecular complexity index is 911. The number of nitrogens with two attached hydrogens (primary N) is 1. The van der Waals surface area contributed by atoms with Crippen molar-refractivity contribution in [2.75, 3.05) is 5.73 Å². The average molecular weight is 300 g/mol. The highest BCUT2D eigenvalue weighted by molar-refractivity contribution is 7.90. The molecule has 0 atom stereocenters. The molecule has 5 heteroatoms. The molecule has 0 saturated heterocycles. The van der Waals surface area contributed by atoms with E-state index in [4.69, 9.17) is 5.73 Å². The van der Waals surface area contributed by atoms with E-state index in [1.54, 1.807) is 30.5 Å². The van der Waals surface area contributed by atoms with Gasteiger partial charge >= 0.3 is 0 Å². The molecule has 108 valence electrons. The summed E-state index contributed by atoms with van der Waals surface area (Å²) in [5, 5.41) is 0.888. The van der Waals surface area contributed by atoms with Crippen LogP contribution in [0.1, 0.15) is 12.5 Å². The number of hydrogen-bond acceptors (Lipinski definition) is 3. The zero-order valence-electron chi connectivity index (χ0n) is 11.7. The third kappa shape index (κ3) is 2.19. The minimum Gasteiger partial charge on any atom is -0.398 e. The predicted octanol–water partition coefficient (Wildman–Crippen LogP) is 3.02. The van der Waals surface area contributed by atoms with Gasteiger partial charge in [0.2, 0.25) is 0 Å². The van der Waals surface area contributed by atoms with E-state index in [-0.39, 0.29) is 4.90 Å². The van der Waals surface area contributed by atoms with Crippen LogP contribution >= 0.6 is 0 Å². The molecule has 4 nitrogen and oxygen atoms in total. The van der Waals surface area contributed by atoms with Gasteiger partial charge in [0.25, 0.3) is 10.0 Å². The number of rotatable bonds is 3. The minimum atomic E-state index is -3.63. The molecule has 0 aliphatic rings. The van der Waals surface area contributed by atoms with Gasteiger partial charge in [0.05, 0.1) is 10.4 Å². The van der Waals surface area contributed by atoms with Crippen molar-refractivity contribution in [3.8, 4) is 0 Å². The van der Waals surface area contributed by atoms with E-state index < -0.39 is 10.0 Å². The summed E-state index contributed by atoms with van der Waals surface area (Å²) in [4.78, 5) is 0.207. The van der Waals surface area contributed by atoms with Gasteiger partial charge in [-0.25, -0.2) is 12.4 Å². The standard InChI is InChI=1S/C16H16N2O2S/c1-2-12-7-8-14(11-15(12)17)21(19,20)18-10-9-13-5-3-4-6-16(13)18/h3-11H,2,17H2,1H3. The van der Waals surface area contributed by atoms with Gasteiger partial charge < -0.3 is 5.73 Å². The Kier molecular flexibility index (Phi) is 3.22. The van der Waals surface area contributed by atoms with Gasteiger partial charge in [0, 0.05) is 17.3 Å². The van der Waals surface area contributed by atoms with Crippen LogP contribution in [0.25, 0.3) is 10.9 Å². The van der Waals surface area contributed by atoms with E-state index >= 15 is 0 Å². The lowest BCUT2D eigenvalue weighted by molar-refractivity contribution is 0.589. The van der Waals surface area contributed by atoms with Crippen molar-refractivity contribution in [3.63, 3.8) is 0 Å². The number of anilines is 1. The number of benzene rings is 2. The lowest BCUT2D eigenvalue weighted by Gasteiger charge is -2.10. The Labute approximate surface area is 123 Å². The van der Waals surface area contributed by atoms with E-state index in [9.17, 15) is 8.42 Å². The molecule has 0 aliphatic heterocycles. The third-order valence-corrected chi connectivity index (χ3v) is 5.30. The highest BCUT2D eigenvalue weighted by atomic mass is 32.2. The first kappa shape index (κ1) is 13.7. The van der Waals surface area contributed by atoms with Crippen molar-refractivity contribution in [3.05, 3.63) is 60.3 Å². The predicted molar refractivity (Wildman–Crippen MR) is 84.8 cm³/mol. The summed E-state index contributed by atoms with van der Waals surface area (Å²) in [6, 6.07) is 14.1. The molecule has 1 heterocycles. The Morgan fingerprint density at radius 3 is 2.57 bits per heavy atom. The van der Waals surface area contributed by atoms with E-state index in [1.807, 2.05) is 25.1 Å². The molecule has 0 amide bonds. The summed E-state index contributed by atoms with van der Waals surface area (Å²) >= 11 is 0. The zero-order valence-corrected chi connectivity index (χ0v) is 12.5. The van der Waals surface area contributed by atoms with Crippen molar-refractivity contribution in [1.82, 2.24) is 3.97 Å². The first-order valence-electron chi connectivity index (χ1n) is 6.74. The highest BCUT2D eigenvalue weighted by Crippen LogP contribution is 2.24. The number of nitrogens with zero attached hydrogens (tertiary/aromatic N) is 1. The van der Waals surface area contributed by atoms with Crippen LogP contribution in [0.4, 0.5) is 5.69 Å². The van der Waals surface area contributed by atoms with E-state index in [0.29, 0.717) is 11.2 Å². The second kappa shape index (κ2) is 4.93. The van der Waals surface area contributed by atoms with Gasteiger partial charge in [-0.05, 0) is 36.2 Å². The van der Waals surface area contributed by atoms with Gasteiger partial charge in [0.1, 0.15) is 0 Å². The number of fused-ring (bicyclic) bond motifs is 1. The number of nitrogen functional groups attached to an aromatic ring is 1. The molecule has 2 aromatic carbocycles. The molecule has 0 aliphatic carbocycles. The summed E-state index contributed by atoms with van der Waals surface area (Å²) in [6.07, 6.45) is 2.35. The molecule has 0 bridgehead atoms. The van der Waals surface area contributed by atoms with Crippen LogP contribution in [0, 0.1) is 0 Å². The average Bonchev–Trinajstić information content (AvgIpc) is 2.91. The zero-order chi connectivity index (χ0) is 15.0. The molecule has 0 saturated carbocycles. The summed E-state index contributed by atoms with van der Waals surface area (Å²) in [6.45, 7) is 1.99. The van der Waals surface area contributed by atoms with Crippen LogP contribution in [0.5, 0.6) is 0 Å². The molecule has 1 aromatic heterocycles. The van der Waals surface area contributed by atoms with Gasteiger partial charge in [-0.3, -0.25) is 0 Å². The molecular formula is C16H16N2O2S. The highest BCUT2D eigenvalue weighted by Gasteiger charge is 2.19. The van der Waals surface area contributed by atoms with Gasteiger partial charge in [-0.2, -0.15) is 0 Å². The van der Waals surface area contributed by atoms with Gasteiger partial charge in [0.15, 0.2) is 0 Å². The fraction of sp³-hybridized carbons (Fsp3) is 0.125. The van der Waals surface area contributed by atoms with Crippen LogP contribution < -0.4 is 5.73 Å². The normalized spacial score (nSPS) is 11.9. The first-order valence-corrected chi connectivity index (χ1v) is 8.18. The number of aromatic nitrogens is 1. The monoisotopic (exact) mass is 300 g/mol. The van der Waals surface area contributed by atoms with Crippen molar-refractivity contribution in [2.45, 2.75) is 18.2 Å². The Balaban J connectivity index is 2.19. The Morgan fingerprint density at radius 2 is 1.86 bits per heavy atom. The maximum Gasteiger partial charge on any atom is 0.268 e. The fourth-order valence-electron chi connectivity index (χ4n) is 2.44. The molecule has 3 rings (SSSR count). The SMILES string of the molecule is CCc1ccc(S(=O)(=O)n2ccc3ccccc32)cc1N. The third-order valence-electron chi connectivity index (χ3n) is 3.62. The van der Waals surface area contributed by atoms with E-state index in [1.165, 1.54) is 10.0 Å². The Morgan fingerprint density at radius 1 is 1.10 bits per heavy atom. The van der Waals surface area contributed by atoms with E-state index in [0.717, 1.165) is 17.4 Å². The van der Waals surface area contributed by atoms with Gasteiger partial charge in [-0.15, -0.1) is 0 Å². The summed E-state index contributed by atoms with van der Waals surface area (Å²) in [7, 11) is -3.63. The van der Waals surface area contributed by atoms with Crippen LogP contribution in [-0.2, 0) is 16.4 Å². The second-order valence-corrected chi connectivity index (χ2v) is 6.70. The lowest BCUT2D eigenvalue weighted by Crippen LogP contribution is -2.12. The molecule has 0 radical (unpaired) electrons. The Hall–Kier alpha value is -2.27. The van der Waals surface area contributed by atoms with Crippen LogP contribution in [0.15, 0.2) is 59.6 Å². The number of hydrogen-bond donors (Lipinski definition) is 1. The molecule has 21 heavy (non-hydrogen) atoms. The van der Waals surface area contributed by atoms with Crippen molar-refractivity contribution >= 4 is 26.6 Å². The molecule has 0 fully saturated rings. The van der Waals surface area contributed by atoms with Crippen LogP contribution in [0.3, 0.4) is 0 Å². The van der Waals surface area contributed by atoms with Crippen molar-refractivity contribution in [1.29, 1.82) is 0 Å².